The Bertz CT molecular complexity index is 628. The van der Waals surface area contributed by atoms with Crippen molar-refractivity contribution in [1.29, 1.82) is 5.26 Å². The van der Waals surface area contributed by atoms with Crippen molar-refractivity contribution in [3.63, 3.8) is 0 Å². The Kier molecular flexibility index (Phi) is 10.2. The molecule has 0 spiro atoms. The van der Waals surface area contributed by atoms with Crippen molar-refractivity contribution in [3.05, 3.63) is 54.1 Å². The summed E-state index contributed by atoms with van der Waals surface area (Å²) in [5, 5.41) is 8.75. The first-order valence-corrected chi connectivity index (χ1v) is 7.34. The monoisotopic (exact) mass is 330 g/mol. The van der Waals surface area contributed by atoms with E-state index in [1.807, 2.05) is 48.5 Å². The van der Waals surface area contributed by atoms with Gasteiger partial charge < -0.3 is 13.7 Å². The minimum absolute atomic E-state index is 0. The maximum atomic E-state index is 9.44. The second kappa shape index (κ2) is 11.3. The van der Waals surface area contributed by atoms with E-state index in [1.165, 1.54) is 26.1 Å². The molecule has 2 aromatic carbocycles. The van der Waals surface area contributed by atoms with Crippen molar-refractivity contribution in [2.24, 2.45) is 0 Å². The molecule has 4 nitrogen and oxygen atoms in total. The molecule has 0 heterocycles. The predicted molar refractivity (Wildman–Crippen MR) is 97.9 cm³/mol. The molecule has 122 valence electrons. The summed E-state index contributed by atoms with van der Waals surface area (Å²) >= 11 is 1.18. The van der Waals surface area contributed by atoms with Gasteiger partial charge in [-0.15, -0.1) is 0 Å². The molecular weight excluding hydrogens is 308 g/mol. The number of anilines is 1. The molecule has 2 rings (SSSR count). The molecule has 0 aliphatic heterocycles. The Labute approximate surface area is 142 Å². The highest BCUT2D eigenvalue weighted by Crippen LogP contribution is 2.22. The molecule has 0 fully saturated rings. The first kappa shape index (κ1) is 20.7. The summed E-state index contributed by atoms with van der Waals surface area (Å²) in [6, 6.07) is 17.7. The summed E-state index contributed by atoms with van der Waals surface area (Å²) in [7, 11) is 1.61. The highest BCUT2D eigenvalue weighted by molar-refractivity contribution is 7.95. The standard InChI is InChI=1S/C14H12N2OS.C3H6O.CH4/c1-17-18-16-14-8-6-13(7-9-14)12-4-2-11(10-15)3-5-12;1-3(2)4;/h2-9,16H,1H3;1-2H3;1H4. The zero-order chi connectivity index (χ0) is 16.4. The predicted octanol–water partition coefficient (Wildman–Crippen LogP) is 5.08. The van der Waals surface area contributed by atoms with Crippen LogP contribution < -0.4 is 4.72 Å². The average molecular weight is 330 g/mol. The lowest BCUT2D eigenvalue weighted by atomic mass is 10.0. The van der Waals surface area contributed by atoms with Crippen LogP contribution >= 0.6 is 12.2 Å². The molecule has 0 unspecified atom stereocenters. The lowest BCUT2D eigenvalue weighted by molar-refractivity contribution is -0.114. The smallest absolute Gasteiger partial charge is 0.126 e. The third-order valence-corrected chi connectivity index (χ3v) is 2.96. The van der Waals surface area contributed by atoms with Crippen LogP contribution in [-0.2, 0) is 8.98 Å². The highest BCUT2D eigenvalue weighted by atomic mass is 32.2. The molecule has 0 aliphatic rings. The maximum absolute atomic E-state index is 9.44. The van der Waals surface area contributed by atoms with Crippen molar-refractivity contribution in [1.82, 2.24) is 0 Å². The fraction of sp³-hybridized carbons (Fsp3) is 0.222. The average Bonchev–Trinajstić information content (AvgIpc) is 2.53. The van der Waals surface area contributed by atoms with Gasteiger partial charge in [0.05, 0.1) is 18.7 Å². The van der Waals surface area contributed by atoms with Crippen LogP contribution in [0.1, 0.15) is 26.8 Å². The van der Waals surface area contributed by atoms with Crippen molar-refractivity contribution < 1.29 is 8.98 Å². The van der Waals surface area contributed by atoms with Crippen LogP contribution in [-0.4, -0.2) is 12.9 Å². The van der Waals surface area contributed by atoms with Crippen LogP contribution in [0.25, 0.3) is 11.1 Å². The normalized spacial score (nSPS) is 8.78. The Morgan fingerprint density at radius 3 is 1.87 bits per heavy atom. The minimum Gasteiger partial charge on any atom is -0.307 e. The number of nitriles is 1. The number of hydrogen-bond acceptors (Lipinski definition) is 5. The van der Waals surface area contributed by atoms with E-state index >= 15 is 0 Å². The lowest BCUT2D eigenvalue weighted by Crippen LogP contribution is -1.86. The molecule has 1 N–H and O–H groups in total. The van der Waals surface area contributed by atoms with Crippen LogP contribution in [0.3, 0.4) is 0 Å². The third kappa shape index (κ3) is 8.05. The summed E-state index contributed by atoms with van der Waals surface area (Å²) < 4.78 is 7.90. The molecule has 0 atom stereocenters. The van der Waals surface area contributed by atoms with Crippen molar-refractivity contribution >= 4 is 23.7 Å². The molecular formula is C18H22N2O2S. The van der Waals surface area contributed by atoms with Crippen LogP contribution in [0.4, 0.5) is 5.69 Å². The molecule has 5 heteroatoms. The van der Waals surface area contributed by atoms with Gasteiger partial charge in [0.2, 0.25) is 0 Å². The summed E-state index contributed by atoms with van der Waals surface area (Å²) in [4.78, 5) is 9.44. The summed E-state index contributed by atoms with van der Waals surface area (Å²) in [5.41, 5.74) is 3.88. The number of ketones is 1. The molecule has 0 bridgehead atoms. The SMILES string of the molecule is C.CC(C)=O.COSNc1ccc(-c2ccc(C#N)cc2)cc1. The molecule has 2 aromatic rings. The van der Waals surface area contributed by atoms with E-state index in [-0.39, 0.29) is 13.2 Å². The van der Waals surface area contributed by atoms with Gasteiger partial charge in [-0.1, -0.05) is 31.7 Å². The van der Waals surface area contributed by atoms with Crippen LogP contribution in [0.2, 0.25) is 0 Å². The molecule has 0 saturated carbocycles. The Balaban J connectivity index is 0.000000871. The number of benzene rings is 2. The van der Waals surface area contributed by atoms with Gasteiger partial charge in [0, 0.05) is 5.69 Å². The first-order valence-electron chi connectivity index (χ1n) is 6.60. The van der Waals surface area contributed by atoms with Gasteiger partial charge >= 0.3 is 0 Å². The van der Waals surface area contributed by atoms with Crippen LogP contribution in [0, 0.1) is 11.3 Å². The zero-order valence-electron chi connectivity index (χ0n) is 12.8. The van der Waals surface area contributed by atoms with Gasteiger partial charge in [-0.05, 0) is 49.2 Å². The van der Waals surface area contributed by atoms with E-state index in [2.05, 4.69) is 10.8 Å². The minimum atomic E-state index is 0. The van der Waals surface area contributed by atoms with E-state index in [0.717, 1.165) is 16.8 Å². The van der Waals surface area contributed by atoms with Crippen molar-refractivity contribution in [2.75, 3.05) is 11.8 Å². The van der Waals surface area contributed by atoms with E-state index < -0.39 is 0 Å². The Morgan fingerprint density at radius 2 is 1.48 bits per heavy atom. The van der Waals surface area contributed by atoms with Gasteiger partial charge in [0.15, 0.2) is 0 Å². The quantitative estimate of drug-likeness (QED) is 0.626. The van der Waals surface area contributed by atoms with Crippen molar-refractivity contribution in [2.45, 2.75) is 21.3 Å². The molecule has 0 amide bonds. The fourth-order valence-electron chi connectivity index (χ4n) is 1.56. The highest BCUT2D eigenvalue weighted by Gasteiger charge is 1.98. The summed E-state index contributed by atoms with van der Waals surface area (Å²) in [5.74, 6) is 0.167. The van der Waals surface area contributed by atoms with Gasteiger partial charge in [0.25, 0.3) is 0 Å². The number of Topliss-reactive ketones (excluding diaryl/α,β-unsaturated/α-hetero) is 1. The molecule has 0 radical (unpaired) electrons. The summed E-state index contributed by atoms with van der Waals surface area (Å²) in [6.07, 6.45) is 0. The van der Waals surface area contributed by atoms with Crippen molar-refractivity contribution in [3.8, 4) is 17.2 Å². The fourth-order valence-corrected chi connectivity index (χ4v) is 1.87. The molecule has 0 aliphatic carbocycles. The third-order valence-electron chi connectivity index (χ3n) is 2.48. The summed E-state index contributed by atoms with van der Waals surface area (Å²) in [6.45, 7) is 3.06. The second-order valence-electron chi connectivity index (χ2n) is 4.53. The number of rotatable bonds is 4. The molecule has 0 aromatic heterocycles. The van der Waals surface area contributed by atoms with E-state index in [9.17, 15) is 4.79 Å². The van der Waals surface area contributed by atoms with Gasteiger partial charge in [-0.25, -0.2) is 0 Å². The number of nitrogens with zero attached hydrogens (tertiary/aromatic N) is 1. The zero-order valence-corrected chi connectivity index (χ0v) is 13.6. The van der Waals surface area contributed by atoms with E-state index in [0.29, 0.717) is 5.56 Å². The molecule has 0 saturated heterocycles. The van der Waals surface area contributed by atoms with E-state index in [4.69, 9.17) is 9.44 Å². The Morgan fingerprint density at radius 1 is 1.04 bits per heavy atom. The molecule has 23 heavy (non-hydrogen) atoms. The number of hydrogen-bond donors (Lipinski definition) is 1. The van der Waals surface area contributed by atoms with Gasteiger partial charge in [-0.3, -0.25) is 0 Å². The van der Waals surface area contributed by atoms with Crippen LogP contribution in [0.15, 0.2) is 48.5 Å². The Hall–Kier alpha value is -2.29. The number of carbonyl (C=O) groups excluding carboxylic acids is 1. The topological polar surface area (TPSA) is 62.1 Å². The number of carbonyl (C=O) groups is 1. The van der Waals surface area contributed by atoms with Crippen LogP contribution in [0.5, 0.6) is 0 Å². The first-order chi connectivity index (χ1) is 10.6. The lowest BCUT2D eigenvalue weighted by Gasteiger charge is -2.05. The largest absolute Gasteiger partial charge is 0.307 e. The maximum Gasteiger partial charge on any atom is 0.126 e. The van der Waals surface area contributed by atoms with E-state index in [1.54, 1.807) is 7.11 Å². The number of nitrogens with one attached hydrogen (secondary N) is 1. The van der Waals surface area contributed by atoms with Gasteiger partial charge in [-0.2, -0.15) is 5.26 Å². The second-order valence-corrected chi connectivity index (χ2v) is 5.23. The van der Waals surface area contributed by atoms with Gasteiger partial charge in [0.1, 0.15) is 18.0 Å².